The Labute approximate surface area is 158 Å². The molecule has 0 saturated carbocycles. The number of hydrogen-bond donors (Lipinski definition) is 2. The maximum Gasteiger partial charge on any atom is 0.330 e. The second kappa shape index (κ2) is 7.50. The highest BCUT2D eigenvalue weighted by Gasteiger charge is 2.22. The number of anilines is 1. The van der Waals surface area contributed by atoms with Gasteiger partial charge in [0.15, 0.2) is 0 Å². The van der Waals surface area contributed by atoms with Crippen LogP contribution >= 0.6 is 11.8 Å². The molecule has 138 valence electrons. The number of thioether (sulfide) groups is 1. The van der Waals surface area contributed by atoms with Crippen molar-refractivity contribution in [2.45, 2.75) is 11.8 Å². The van der Waals surface area contributed by atoms with E-state index < -0.39 is 10.8 Å². The highest BCUT2D eigenvalue weighted by atomic mass is 32.2. The molecular weight excluding hydrogens is 368 g/mol. The monoisotopic (exact) mass is 384 g/mol. The first kappa shape index (κ1) is 18.5. The van der Waals surface area contributed by atoms with Crippen molar-refractivity contribution in [1.82, 2.24) is 9.55 Å². The molecule has 1 amide bonds. The predicted molar refractivity (Wildman–Crippen MR) is 104 cm³/mol. The van der Waals surface area contributed by atoms with Crippen molar-refractivity contribution < 1.29 is 9.72 Å². The number of nitro benzene ring substituents is 1. The lowest BCUT2D eigenvalue weighted by Crippen LogP contribution is -2.20. The molecule has 2 N–H and O–H groups in total. The van der Waals surface area contributed by atoms with Gasteiger partial charge in [0, 0.05) is 22.9 Å². The molecule has 0 aliphatic carbocycles. The molecule has 0 fully saturated rings. The molecule has 0 radical (unpaired) electrons. The first-order valence-electron chi connectivity index (χ1n) is 7.92. The summed E-state index contributed by atoms with van der Waals surface area (Å²) >= 11 is 1.38. The highest BCUT2D eigenvalue weighted by molar-refractivity contribution is 7.98. The third-order valence-electron chi connectivity index (χ3n) is 4.00. The Morgan fingerprint density at radius 3 is 2.63 bits per heavy atom. The highest BCUT2D eigenvalue weighted by Crippen LogP contribution is 2.27. The van der Waals surface area contributed by atoms with Gasteiger partial charge in [-0.3, -0.25) is 19.5 Å². The molecule has 3 aromatic rings. The number of aromatic amines is 1. The zero-order chi connectivity index (χ0) is 19.6. The largest absolute Gasteiger partial charge is 0.330 e. The van der Waals surface area contributed by atoms with Gasteiger partial charge in [0.1, 0.15) is 5.56 Å². The fourth-order valence-corrected chi connectivity index (χ4v) is 3.14. The Morgan fingerprint density at radius 2 is 2.00 bits per heavy atom. The molecule has 0 unspecified atom stereocenters. The molecule has 2 aromatic carbocycles. The first-order valence-corrected chi connectivity index (χ1v) is 9.15. The van der Waals surface area contributed by atoms with Crippen LogP contribution in [-0.4, -0.2) is 26.6 Å². The number of H-pyrrole nitrogens is 1. The van der Waals surface area contributed by atoms with Crippen molar-refractivity contribution in [2.75, 3.05) is 11.6 Å². The van der Waals surface area contributed by atoms with Crippen molar-refractivity contribution in [3.05, 3.63) is 80.5 Å². The lowest BCUT2D eigenvalue weighted by molar-refractivity contribution is -0.385. The van der Waals surface area contributed by atoms with E-state index in [0.29, 0.717) is 17.1 Å². The summed E-state index contributed by atoms with van der Waals surface area (Å²) in [6.07, 6.45) is 3.38. The van der Waals surface area contributed by atoms with E-state index in [4.69, 9.17) is 0 Å². The van der Waals surface area contributed by atoms with Crippen molar-refractivity contribution >= 4 is 29.0 Å². The van der Waals surface area contributed by atoms with Gasteiger partial charge in [-0.25, -0.2) is 4.79 Å². The summed E-state index contributed by atoms with van der Waals surface area (Å²) in [5.41, 5.74) is 0.841. The number of carbonyl (C=O) groups is 1. The van der Waals surface area contributed by atoms with Gasteiger partial charge in [-0.2, -0.15) is 0 Å². The van der Waals surface area contributed by atoms with Crippen molar-refractivity contribution in [1.29, 1.82) is 0 Å². The van der Waals surface area contributed by atoms with Crippen LogP contribution in [0.5, 0.6) is 0 Å². The van der Waals surface area contributed by atoms with E-state index in [1.807, 2.05) is 6.26 Å². The molecule has 0 saturated heterocycles. The standard InChI is InChI=1S/C18H16N4O4S/c1-11-10-19-18(24)21(11)16-6-4-3-5-14(16)20-17(23)13-9-12(27-2)7-8-15(13)22(25)26/h3-10H,1-2H3,(H,19,24)(H,20,23). The number of rotatable bonds is 5. The Balaban J connectivity index is 2.04. The van der Waals surface area contributed by atoms with Crippen molar-refractivity contribution in [3.63, 3.8) is 0 Å². The molecule has 1 aromatic heterocycles. The summed E-state index contributed by atoms with van der Waals surface area (Å²) in [5, 5.41) is 14.0. The lowest BCUT2D eigenvalue weighted by Gasteiger charge is -2.13. The number of aryl methyl sites for hydroxylation is 1. The minimum atomic E-state index is -0.619. The summed E-state index contributed by atoms with van der Waals surface area (Å²) in [5.74, 6) is -0.619. The first-order chi connectivity index (χ1) is 12.9. The summed E-state index contributed by atoms with van der Waals surface area (Å²) in [7, 11) is 0. The molecule has 0 bridgehead atoms. The number of amides is 1. The Kier molecular flexibility index (Phi) is 5.13. The van der Waals surface area contributed by atoms with Crippen LogP contribution in [0.3, 0.4) is 0 Å². The van der Waals surface area contributed by atoms with Crippen molar-refractivity contribution in [3.8, 4) is 5.69 Å². The topological polar surface area (TPSA) is 110 Å². The van der Waals surface area contributed by atoms with Crippen LogP contribution < -0.4 is 11.0 Å². The van der Waals surface area contributed by atoms with Crippen LogP contribution in [0, 0.1) is 17.0 Å². The lowest BCUT2D eigenvalue weighted by atomic mass is 10.1. The maximum absolute atomic E-state index is 12.8. The van der Waals surface area contributed by atoms with Gasteiger partial charge in [0.2, 0.25) is 0 Å². The van der Waals surface area contributed by atoms with Gasteiger partial charge in [-0.15, -0.1) is 11.8 Å². The molecule has 0 atom stereocenters. The third-order valence-corrected chi connectivity index (χ3v) is 4.72. The van der Waals surface area contributed by atoms with Gasteiger partial charge >= 0.3 is 5.69 Å². The number of para-hydroxylation sites is 2. The average molecular weight is 384 g/mol. The number of benzene rings is 2. The fourth-order valence-electron chi connectivity index (χ4n) is 2.70. The SMILES string of the molecule is CSc1ccc([N+](=O)[O-])c(C(=O)Nc2ccccc2-n2c(C)c[nH]c2=O)c1. The minimum Gasteiger partial charge on any atom is -0.320 e. The molecule has 9 heteroatoms. The molecular formula is C18H16N4O4S. The van der Waals surface area contributed by atoms with Crippen LogP contribution in [-0.2, 0) is 0 Å². The van der Waals surface area contributed by atoms with Crippen LogP contribution in [0.1, 0.15) is 16.1 Å². The average Bonchev–Trinajstić information content (AvgIpc) is 2.99. The van der Waals surface area contributed by atoms with Gasteiger partial charge in [0.05, 0.1) is 16.3 Å². The zero-order valence-electron chi connectivity index (χ0n) is 14.6. The number of aromatic nitrogens is 2. The van der Waals surface area contributed by atoms with E-state index in [1.54, 1.807) is 43.5 Å². The fraction of sp³-hybridized carbons (Fsp3) is 0.111. The normalized spacial score (nSPS) is 10.6. The van der Waals surface area contributed by atoms with Crippen molar-refractivity contribution in [2.24, 2.45) is 0 Å². The predicted octanol–water partition coefficient (Wildman–Crippen LogP) is 3.36. The van der Waals surface area contributed by atoms with Crippen LogP contribution in [0.15, 0.2) is 58.4 Å². The molecule has 0 aliphatic heterocycles. The second-order valence-corrected chi connectivity index (χ2v) is 6.56. The van der Waals surface area contributed by atoms with E-state index >= 15 is 0 Å². The summed E-state index contributed by atoms with van der Waals surface area (Å²) < 4.78 is 1.42. The number of carbonyl (C=O) groups excluding carboxylic acids is 1. The van der Waals surface area contributed by atoms with E-state index in [0.717, 1.165) is 4.90 Å². The summed E-state index contributed by atoms with van der Waals surface area (Å²) in [4.78, 5) is 38.9. The quantitative estimate of drug-likeness (QED) is 0.398. The number of nitro groups is 1. The second-order valence-electron chi connectivity index (χ2n) is 5.68. The number of nitrogens with zero attached hydrogens (tertiary/aromatic N) is 2. The van der Waals surface area contributed by atoms with Gasteiger partial charge < -0.3 is 10.3 Å². The van der Waals surface area contributed by atoms with Crippen LogP contribution in [0.25, 0.3) is 5.69 Å². The van der Waals surface area contributed by atoms with E-state index in [1.165, 1.54) is 28.5 Å². The Hall–Kier alpha value is -3.33. The maximum atomic E-state index is 12.8. The third kappa shape index (κ3) is 3.63. The molecule has 3 rings (SSSR count). The number of nitrogens with one attached hydrogen (secondary N) is 2. The Morgan fingerprint density at radius 1 is 1.26 bits per heavy atom. The molecule has 8 nitrogen and oxygen atoms in total. The molecule has 1 heterocycles. The minimum absolute atomic E-state index is 0.0419. The van der Waals surface area contributed by atoms with Crippen LogP contribution in [0.4, 0.5) is 11.4 Å². The molecule has 27 heavy (non-hydrogen) atoms. The number of imidazole rings is 1. The van der Waals surface area contributed by atoms with Crippen LogP contribution in [0.2, 0.25) is 0 Å². The van der Waals surface area contributed by atoms with E-state index in [9.17, 15) is 19.7 Å². The van der Waals surface area contributed by atoms with Gasteiger partial charge in [0.25, 0.3) is 11.6 Å². The number of hydrogen-bond acceptors (Lipinski definition) is 5. The van der Waals surface area contributed by atoms with Gasteiger partial charge in [-0.1, -0.05) is 12.1 Å². The summed E-state index contributed by atoms with van der Waals surface area (Å²) in [6.45, 7) is 1.75. The zero-order valence-corrected chi connectivity index (χ0v) is 15.4. The smallest absolute Gasteiger partial charge is 0.320 e. The van der Waals surface area contributed by atoms with E-state index in [2.05, 4.69) is 10.3 Å². The van der Waals surface area contributed by atoms with E-state index in [-0.39, 0.29) is 16.9 Å². The van der Waals surface area contributed by atoms with Gasteiger partial charge in [-0.05, 0) is 37.4 Å². The molecule has 0 spiro atoms. The molecule has 0 aliphatic rings. The summed E-state index contributed by atoms with van der Waals surface area (Å²) in [6, 6.07) is 11.2. The Bertz CT molecular complexity index is 1090.